The summed E-state index contributed by atoms with van der Waals surface area (Å²) in [4.78, 5) is 14.3. The summed E-state index contributed by atoms with van der Waals surface area (Å²) >= 11 is 0. The SMILES string of the molecule is COC[C@H](Cc1ccccc1)N(C)CC(=O)NC1CCCC1. The number of amides is 1. The molecule has 0 aliphatic heterocycles. The summed E-state index contributed by atoms with van der Waals surface area (Å²) in [5.41, 5.74) is 1.27. The number of benzene rings is 1. The Balaban J connectivity index is 1.85. The first kappa shape index (κ1) is 17.0. The van der Waals surface area contributed by atoms with Crippen LogP contribution in [-0.4, -0.2) is 50.2 Å². The van der Waals surface area contributed by atoms with Crippen molar-refractivity contribution >= 4 is 5.91 Å². The van der Waals surface area contributed by atoms with Gasteiger partial charge < -0.3 is 10.1 Å². The van der Waals surface area contributed by atoms with Crippen molar-refractivity contribution in [2.45, 2.75) is 44.2 Å². The second-order valence-corrected chi connectivity index (χ2v) is 6.26. The van der Waals surface area contributed by atoms with Crippen LogP contribution in [0, 0.1) is 0 Å². The molecule has 1 N–H and O–H groups in total. The molecule has 1 amide bonds. The molecule has 1 aliphatic carbocycles. The van der Waals surface area contributed by atoms with Gasteiger partial charge in [0.1, 0.15) is 0 Å². The lowest BCUT2D eigenvalue weighted by atomic mass is 10.1. The fraction of sp³-hybridized carbons (Fsp3) is 0.611. The lowest BCUT2D eigenvalue weighted by Crippen LogP contribution is -2.45. The lowest BCUT2D eigenvalue weighted by Gasteiger charge is -2.27. The molecule has 2 rings (SSSR count). The molecule has 1 atom stereocenters. The van der Waals surface area contributed by atoms with Crippen LogP contribution in [0.25, 0.3) is 0 Å². The lowest BCUT2D eigenvalue weighted by molar-refractivity contribution is -0.123. The van der Waals surface area contributed by atoms with Crippen LogP contribution in [0.5, 0.6) is 0 Å². The third kappa shape index (κ3) is 5.43. The van der Waals surface area contributed by atoms with E-state index >= 15 is 0 Å². The van der Waals surface area contributed by atoms with Gasteiger partial charge in [-0.1, -0.05) is 43.2 Å². The van der Waals surface area contributed by atoms with Crippen LogP contribution in [0.15, 0.2) is 30.3 Å². The summed E-state index contributed by atoms with van der Waals surface area (Å²) < 4.78 is 5.34. The molecule has 122 valence electrons. The second-order valence-electron chi connectivity index (χ2n) is 6.26. The van der Waals surface area contributed by atoms with E-state index in [1.165, 1.54) is 18.4 Å². The maximum absolute atomic E-state index is 12.2. The number of ether oxygens (including phenoxy) is 1. The molecule has 1 aliphatic rings. The number of hydrogen-bond donors (Lipinski definition) is 1. The van der Waals surface area contributed by atoms with E-state index in [1.807, 2.05) is 25.2 Å². The first-order chi connectivity index (χ1) is 10.7. The highest BCUT2D eigenvalue weighted by atomic mass is 16.5. The number of methoxy groups -OCH3 is 1. The fourth-order valence-electron chi connectivity index (χ4n) is 3.12. The Kier molecular flexibility index (Phi) is 6.87. The van der Waals surface area contributed by atoms with Crippen molar-refractivity contribution in [1.82, 2.24) is 10.2 Å². The largest absolute Gasteiger partial charge is 0.383 e. The summed E-state index contributed by atoms with van der Waals surface area (Å²) in [6, 6.07) is 11.0. The van der Waals surface area contributed by atoms with E-state index in [4.69, 9.17) is 4.74 Å². The van der Waals surface area contributed by atoms with Crippen molar-refractivity contribution < 1.29 is 9.53 Å². The highest BCUT2D eigenvalue weighted by molar-refractivity contribution is 5.78. The highest BCUT2D eigenvalue weighted by Crippen LogP contribution is 2.17. The number of nitrogens with zero attached hydrogens (tertiary/aromatic N) is 1. The number of hydrogen-bond acceptors (Lipinski definition) is 3. The molecule has 0 aromatic heterocycles. The fourth-order valence-corrected chi connectivity index (χ4v) is 3.12. The second kappa shape index (κ2) is 8.91. The quantitative estimate of drug-likeness (QED) is 0.801. The molecule has 0 heterocycles. The van der Waals surface area contributed by atoms with Gasteiger partial charge in [-0.3, -0.25) is 9.69 Å². The van der Waals surface area contributed by atoms with Crippen LogP contribution >= 0.6 is 0 Å². The van der Waals surface area contributed by atoms with Crippen LogP contribution < -0.4 is 5.32 Å². The molecule has 1 aromatic rings. The third-order valence-electron chi connectivity index (χ3n) is 4.41. The molecule has 1 aromatic carbocycles. The van der Waals surface area contributed by atoms with Crippen LogP contribution in [0.1, 0.15) is 31.2 Å². The summed E-state index contributed by atoms with van der Waals surface area (Å²) in [5.74, 6) is 0.128. The number of nitrogens with one attached hydrogen (secondary N) is 1. The molecular weight excluding hydrogens is 276 g/mol. The van der Waals surface area contributed by atoms with Crippen molar-refractivity contribution in [3.05, 3.63) is 35.9 Å². The average molecular weight is 304 g/mol. The van der Waals surface area contributed by atoms with Gasteiger partial charge in [0.05, 0.1) is 13.2 Å². The van der Waals surface area contributed by atoms with Crippen molar-refractivity contribution in [2.24, 2.45) is 0 Å². The van der Waals surface area contributed by atoms with Crippen LogP contribution in [-0.2, 0) is 16.0 Å². The molecule has 1 fully saturated rings. The van der Waals surface area contributed by atoms with Gasteiger partial charge in [0.25, 0.3) is 0 Å². The summed E-state index contributed by atoms with van der Waals surface area (Å²) in [6.45, 7) is 1.06. The van der Waals surface area contributed by atoms with Crippen LogP contribution in [0.4, 0.5) is 0 Å². The Morgan fingerprint density at radius 3 is 2.64 bits per heavy atom. The van der Waals surface area contributed by atoms with Crippen molar-refractivity contribution in [2.75, 3.05) is 27.3 Å². The van der Waals surface area contributed by atoms with E-state index in [2.05, 4.69) is 22.3 Å². The van der Waals surface area contributed by atoms with E-state index in [0.717, 1.165) is 19.3 Å². The molecular formula is C18H28N2O2. The molecule has 0 unspecified atom stereocenters. The molecule has 4 nitrogen and oxygen atoms in total. The minimum Gasteiger partial charge on any atom is -0.383 e. The van der Waals surface area contributed by atoms with Gasteiger partial charge >= 0.3 is 0 Å². The van der Waals surface area contributed by atoms with Crippen molar-refractivity contribution in [3.63, 3.8) is 0 Å². The van der Waals surface area contributed by atoms with Gasteiger partial charge in [0.2, 0.25) is 5.91 Å². The van der Waals surface area contributed by atoms with Crippen LogP contribution in [0.2, 0.25) is 0 Å². The smallest absolute Gasteiger partial charge is 0.234 e. The molecule has 0 saturated heterocycles. The van der Waals surface area contributed by atoms with E-state index < -0.39 is 0 Å². The minimum atomic E-state index is 0.128. The summed E-state index contributed by atoms with van der Waals surface area (Å²) in [5, 5.41) is 3.15. The van der Waals surface area contributed by atoms with E-state index in [-0.39, 0.29) is 11.9 Å². The average Bonchev–Trinajstić information content (AvgIpc) is 3.00. The first-order valence-corrected chi connectivity index (χ1v) is 8.21. The zero-order valence-corrected chi connectivity index (χ0v) is 13.8. The number of likely N-dealkylation sites (N-methyl/N-ethyl adjacent to an activating group) is 1. The predicted molar refractivity (Wildman–Crippen MR) is 88.8 cm³/mol. The molecule has 1 saturated carbocycles. The van der Waals surface area contributed by atoms with Gasteiger partial charge in [-0.05, 0) is 31.9 Å². The van der Waals surface area contributed by atoms with Gasteiger partial charge in [0, 0.05) is 19.2 Å². The standard InChI is InChI=1S/C18H28N2O2/c1-20(13-18(21)19-16-10-6-7-11-16)17(14-22-2)12-15-8-4-3-5-9-15/h3-5,8-9,16-17H,6-7,10-14H2,1-2H3,(H,19,21)/t17-/m0/s1. The topological polar surface area (TPSA) is 41.6 Å². The number of carbonyl (C=O) groups is 1. The molecule has 4 heteroatoms. The maximum atomic E-state index is 12.2. The van der Waals surface area contributed by atoms with Crippen molar-refractivity contribution in [1.29, 1.82) is 0 Å². The van der Waals surface area contributed by atoms with E-state index in [0.29, 0.717) is 19.2 Å². The van der Waals surface area contributed by atoms with Crippen LogP contribution in [0.3, 0.4) is 0 Å². The van der Waals surface area contributed by atoms with Crippen molar-refractivity contribution in [3.8, 4) is 0 Å². The Morgan fingerprint density at radius 1 is 1.32 bits per heavy atom. The Hall–Kier alpha value is -1.39. The molecule has 0 radical (unpaired) electrons. The van der Waals surface area contributed by atoms with E-state index in [1.54, 1.807) is 7.11 Å². The minimum absolute atomic E-state index is 0.128. The predicted octanol–water partition coefficient (Wildman–Crippen LogP) is 2.23. The van der Waals surface area contributed by atoms with Gasteiger partial charge in [0.15, 0.2) is 0 Å². The van der Waals surface area contributed by atoms with Gasteiger partial charge in [-0.2, -0.15) is 0 Å². The Labute approximate surface area is 133 Å². The molecule has 0 bridgehead atoms. The Bertz CT molecular complexity index is 444. The third-order valence-corrected chi connectivity index (χ3v) is 4.41. The Morgan fingerprint density at radius 2 is 2.00 bits per heavy atom. The monoisotopic (exact) mass is 304 g/mol. The zero-order chi connectivity index (χ0) is 15.8. The number of carbonyl (C=O) groups excluding carboxylic acids is 1. The molecule has 0 spiro atoms. The van der Waals surface area contributed by atoms with E-state index in [9.17, 15) is 4.79 Å². The highest BCUT2D eigenvalue weighted by Gasteiger charge is 2.21. The zero-order valence-electron chi connectivity index (χ0n) is 13.8. The van der Waals surface area contributed by atoms with Gasteiger partial charge in [-0.15, -0.1) is 0 Å². The summed E-state index contributed by atoms with van der Waals surface area (Å²) in [7, 11) is 3.71. The first-order valence-electron chi connectivity index (χ1n) is 8.21. The van der Waals surface area contributed by atoms with Gasteiger partial charge in [-0.25, -0.2) is 0 Å². The number of rotatable bonds is 8. The maximum Gasteiger partial charge on any atom is 0.234 e. The summed E-state index contributed by atoms with van der Waals surface area (Å²) in [6.07, 6.45) is 5.62. The molecule has 22 heavy (non-hydrogen) atoms. The normalized spacial score (nSPS) is 16.9.